The number of ether oxygens (including phenoxy) is 1. The van der Waals surface area contributed by atoms with Crippen LogP contribution in [-0.2, 0) is 20.9 Å². The van der Waals surface area contributed by atoms with Crippen molar-refractivity contribution in [3.8, 4) is 6.07 Å². The van der Waals surface area contributed by atoms with Crippen molar-refractivity contribution in [3.63, 3.8) is 0 Å². The minimum Gasteiger partial charge on any atom is -0.448 e. The summed E-state index contributed by atoms with van der Waals surface area (Å²) in [6, 6.07) is 10.0. The lowest BCUT2D eigenvalue weighted by molar-refractivity contribution is -0.150. The maximum Gasteiger partial charge on any atom is 0.349 e. The van der Waals surface area contributed by atoms with Gasteiger partial charge in [0.25, 0.3) is 5.91 Å². The molecular formula is C23H24FN3O3. The topological polar surface area (TPSA) is 84.1 Å². The summed E-state index contributed by atoms with van der Waals surface area (Å²) in [4.78, 5) is 24.6. The zero-order valence-corrected chi connectivity index (χ0v) is 17.2. The van der Waals surface area contributed by atoms with E-state index in [9.17, 15) is 19.2 Å². The third kappa shape index (κ3) is 4.95. The van der Waals surface area contributed by atoms with Gasteiger partial charge in [-0.1, -0.05) is 12.1 Å². The molecule has 1 aromatic heterocycles. The first kappa shape index (κ1) is 21.3. The van der Waals surface area contributed by atoms with Gasteiger partial charge in [-0.3, -0.25) is 4.79 Å². The van der Waals surface area contributed by atoms with Crippen LogP contribution in [0.25, 0.3) is 6.08 Å². The summed E-state index contributed by atoms with van der Waals surface area (Å²) < 4.78 is 20.3. The third-order valence-electron chi connectivity index (χ3n) is 5.11. The fourth-order valence-corrected chi connectivity index (χ4v) is 3.35. The Balaban J connectivity index is 1.62. The molecule has 0 aliphatic heterocycles. The molecule has 0 saturated heterocycles. The first-order valence-corrected chi connectivity index (χ1v) is 9.83. The average molecular weight is 409 g/mol. The second-order valence-electron chi connectivity index (χ2n) is 7.49. The van der Waals surface area contributed by atoms with Crippen LogP contribution < -0.4 is 5.32 Å². The fourth-order valence-electron chi connectivity index (χ4n) is 3.35. The Morgan fingerprint density at radius 2 is 2.00 bits per heavy atom. The van der Waals surface area contributed by atoms with Gasteiger partial charge in [-0.05, 0) is 69.0 Å². The number of carbonyl (C=O) groups is 2. The van der Waals surface area contributed by atoms with Gasteiger partial charge in [0.15, 0.2) is 6.10 Å². The number of aromatic nitrogens is 1. The molecule has 1 aliphatic rings. The molecule has 1 fully saturated rings. The minimum absolute atomic E-state index is 0.163. The Labute approximate surface area is 175 Å². The van der Waals surface area contributed by atoms with Gasteiger partial charge in [0.1, 0.15) is 17.5 Å². The number of rotatable bonds is 7. The smallest absolute Gasteiger partial charge is 0.349 e. The van der Waals surface area contributed by atoms with Gasteiger partial charge >= 0.3 is 5.97 Å². The van der Waals surface area contributed by atoms with E-state index in [1.165, 1.54) is 25.1 Å². The van der Waals surface area contributed by atoms with E-state index in [2.05, 4.69) is 9.88 Å². The van der Waals surface area contributed by atoms with Crippen molar-refractivity contribution in [2.45, 2.75) is 52.3 Å². The number of nitrogens with zero attached hydrogens (tertiary/aromatic N) is 2. The molecule has 1 atom stereocenters. The summed E-state index contributed by atoms with van der Waals surface area (Å²) >= 11 is 0. The van der Waals surface area contributed by atoms with Crippen molar-refractivity contribution in [2.24, 2.45) is 0 Å². The highest BCUT2D eigenvalue weighted by Gasteiger charge is 2.27. The second-order valence-corrected chi connectivity index (χ2v) is 7.49. The number of halogens is 1. The fraction of sp³-hybridized carbons (Fsp3) is 0.348. The van der Waals surface area contributed by atoms with E-state index in [-0.39, 0.29) is 17.9 Å². The molecule has 1 amide bonds. The summed E-state index contributed by atoms with van der Waals surface area (Å²) in [7, 11) is 0. The highest BCUT2D eigenvalue weighted by atomic mass is 19.1. The Bertz CT molecular complexity index is 1030. The summed E-state index contributed by atoms with van der Waals surface area (Å²) in [6.07, 6.45) is 2.70. The van der Waals surface area contributed by atoms with Crippen LogP contribution in [0.5, 0.6) is 0 Å². The molecule has 1 aliphatic carbocycles. The molecule has 6 nitrogen and oxygen atoms in total. The number of nitrogens with one attached hydrogen (secondary N) is 1. The predicted octanol–water partition coefficient (Wildman–Crippen LogP) is 3.73. The first-order chi connectivity index (χ1) is 14.3. The molecule has 0 bridgehead atoms. The monoisotopic (exact) mass is 409 g/mol. The molecular weight excluding hydrogens is 385 g/mol. The number of carbonyl (C=O) groups excluding carboxylic acids is 2. The number of amides is 1. The molecule has 1 aromatic carbocycles. The molecule has 1 N–H and O–H groups in total. The van der Waals surface area contributed by atoms with E-state index in [0.29, 0.717) is 11.6 Å². The van der Waals surface area contributed by atoms with Crippen LogP contribution in [0.3, 0.4) is 0 Å². The summed E-state index contributed by atoms with van der Waals surface area (Å²) in [5.74, 6) is -1.71. The van der Waals surface area contributed by atoms with E-state index in [1.807, 2.05) is 26.0 Å². The third-order valence-corrected chi connectivity index (χ3v) is 5.11. The van der Waals surface area contributed by atoms with Gasteiger partial charge in [0.05, 0.1) is 0 Å². The highest BCUT2D eigenvalue weighted by Crippen LogP contribution is 2.38. The quantitative estimate of drug-likeness (QED) is 0.429. The Morgan fingerprint density at radius 1 is 1.33 bits per heavy atom. The van der Waals surface area contributed by atoms with E-state index in [0.717, 1.165) is 29.8 Å². The normalized spacial score (nSPS) is 14.7. The van der Waals surface area contributed by atoms with Crippen LogP contribution in [0.15, 0.2) is 35.9 Å². The number of nitriles is 1. The van der Waals surface area contributed by atoms with Crippen molar-refractivity contribution >= 4 is 18.0 Å². The van der Waals surface area contributed by atoms with Crippen molar-refractivity contribution in [1.82, 2.24) is 9.88 Å². The predicted molar refractivity (Wildman–Crippen MR) is 110 cm³/mol. The van der Waals surface area contributed by atoms with Crippen molar-refractivity contribution in [1.29, 1.82) is 5.26 Å². The molecule has 156 valence electrons. The van der Waals surface area contributed by atoms with Gasteiger partial charge in [-0.2, -0.15) is 5.26 Å². The van der Waals surface area contributed by atoms with Gasteiger partial charge in [-0.25, -0.2) is 9.18 Å². The molecule has 0 radical (unpaired) electrons. The number of aryl methyl sites for hydroxylation is 1. The van der Waals surface area contributed by atoms with Crippen LogP contribution in [-0.4, -0.2) is 22.5 Å². The highest BCUT2D eigenvalue weighted by molar-refractivity contribution is 5.99. The molecule has 1 heterocycles. The summed E-state index contributed by atoms with van der Waals surface area (Å²) in [5, 5.41) is 12.0. The van der Waals surface area contributed by atoms with Gasteiger partial charge in [0.2, 0.25) is 0 Å². The molecule has 1 saturated carbocycles. The SMILES string of the molecule is Cc1cc(/C=C(\C#N)C(=O)O[C@@H](C)C(=O)NCc2ccc(F)cc2)c(C)n1C1CC1. The summed E-state index contributed by atoms with van der Waals surface area (Å²) in [5.41, 5.74) is 3.43. The van der Waals surface area contributed by atoms with Gasteiger partial charge < -0.3 is 14.6 Å². The lowest BCUT2D eigenvalue weighted by Gasteiger charge is -2.13. The molecule has 2 aromatic rings. The standard InChI is InChI=1S/C23H24FN3O3/c1-14-10-18(15(2)27(14)21-8-9-21)11-19(12-25)23(29)30-16(3)22(28)26-13-17-4-6-20(24)7-5-17/h4-7,10-11,16,21H,8-9,13H2,1-3H3,(H,26,28)/b19-11+/t16-/m0/s1. The van der Waals surface area contributed by atoms with Gasteiger partial charge in [-0.15, -0.1) is 0 Å². The molecule has 7 heteroatoms. The number of hydrogen-bond donors (Lipinski definition) is 1. The van der Waals surface area contributed by atoms with E-state index in [4.69, 9.17) is 4.74 Å². The van der Waals surface area contributed by atoms with Gasteiger partial charge in [0, 0.05) is 24.0 Å². The van der Waals surface area contributed by atoms with Crippen molar-refractivity contribution in [2.75, 3.05) is 0 Å². The first-order valence-electron chi connectivity index (χ1n) is 9.83. The van der Waals surface area contributed by atoms with Crippen LogP contribution in [0.4, 0.5) is 4.39 Å². The zero-order valence-electron chi connectivity index (χ0n) is 17.2. The number of benzene rings is 1. The average Bonchev–Trinajstić information content (AvgIpc) is 3.50. The lowest BCUT2D eigenvalue weighted by atomic mass is 10.1. The largest absolute Gasteiger partial charge is 0.448 e. The maximum absolute atomic E-state index is 12.9. The number of esters is 1. The van der Waals surface area contributed by atoms with Crippen LogP contribution in [0.1, 0.15) is 48.3 Å². The minimum atomic E-state index is -1.08. The number of hydrogen-bond acceptors (Lipinski definition) is 4. The van der Waals surface area contributed by atoms with E-state index >= 15 is 0 Å². The Kier molecular flexibility index (Phi) is 6.36. The molecule has 3 rings (SSSR count). The van der Waals surface area contributed by atoms with E-state index < -0.39 is 18.0 Å². The maximum atomic E-state index is 12.9. The summed E-state index contributed by atoms with van der Waals surface area (Å²) in [6.45, 7) is 5.57. The van der Waals surface area contributed by atoms with Crippen LogP contribution in [0, 0.1) is 31.0 Å². The zero-order chi connectivity index (χ0) is 21.8. The molecule has 0 unspecified atom stereocenters. The Hall–Kier alpha value is -3.40. The second kappa shape index (κ2) is 8.95. The molecule has 30 heavy (non-hydrogen) atoms. The van der Waals surface area contributed by atoms with Crippen molar-refractivity contribution in [3.05, 3.63) is 64.2 Å². The van der Waals surface area contributed by atoms with E-state index in [1.54, 1.807) is 12.1 Å². The molecule has 0 spiro atoms. The van der Waals surface area contributed by atoms with Crippen LogP contribution >= 0.6 is 0 Å². The Morgan fingerprint density at radius 3 is 2.60 bits per heavy atom. The van der Waals surface area contributed by atoms with Crippen molar-refractivity contribution < 1.29 is 18.7 Å². The van der Waals surface area contributed by atoms with Crippen LogP contribution in [0.2, 0.25) is 0 Å². The lowest BCUT2D eigenvalue weighted by Crippen LogP contribution is -2.35.